The molecule has 0 aromatic rings. The van der Waals surface area contributed by atoms with Gasteiger partial charge in [0.15, 0.2) is 0 Å². The highest BCUT2D eigenvalue weighted by Gasteiger charge is 2.44. The fraction of sp³-hybridized carbons (Fsp3) is 1.00. The van der Waals surface area contributed by atoms with Crippen molar-refractivity contribution in [2.24, 2.45) is 22.2 Å². The second kappa shape index (κ2) is 7.59. The molecule has 132 valence electrons. The molecule has 0 amide bonds. The predicted octanol–water partition coefficient (Wildman–Crippen LogP) is 6.36. The molecule has 0 aromatic heterocycles. The van der Waals surface area contributed by atoms with Gasteiger partial charge < -0.3 is 0 Å². The molecule has 0 rings (SSSR count). The number of rotatable bonds is 8. The molecule has 0 aliphatic carbocycles. The van der Waals surface area contributed by atoms with E-state index in [1.165, 1.54) is 25.7 Å². The molecule has 4 atom stereocenters. The lowest BCUT2D eigenvalue weighted by Crippen LogP contribution is -2.44. The lowest BCUT2D eigenvalue weighted by molar-refractivity contribution is 0.108. The minimum Gasteiger partial charge on any atom is -0.131 e. The summed E-state index contributed by atoms with van der Waals surface area (Å²) >= 11 is 0. The normalized spacial score (nSPS) is 19.6. The van der Waals surface area contributed by atoms with E-state index in [0.717, 1.165) is 11.7 Å². The highest BCUT2D eigenvalue weighted by molar-refractivity contribution is 7.19. The van der Waals surface area contributed by atoms with Gasteiger partial charge in [0.1, 0.15) is 7.85 Å². The van der Waals surface area contributed by atoms with Gasteiger partial charge in [0.25, 0.3) is 0 Å². The Balaban J connectivity index is 5.19. The van der Waals surface area contributed by atoms with Gasteiger partial charge in [-0.25, -0.2) is 0 Å². The van der Waals surface area contributed by atoms with Crippen LogP contribution in [0.2, 0.25) is 5.82 Å². The lowest BCUT2D eigenvalue weighted by Gasteiger charge is -2.50. The van der Waals surface area contributed by atoms with Crippen molar-refractivity contribution in [1.82, 2.24) is 0 Å². The minimum absolute atomic E-state index is 0.316. The van der Waals surface area contributed by atoms with Gasteiger partial charge in [0, 0.05) is 0 Å². The maximum atomic E-state index is 3.16. The molecule has 0 radical (unpaired) electrons. The van der Waals surface area contributed by atoms with Crippen LogP contribution in [-0.2, 0) is 0 Å². The molecule has 0 spiro atoms. The van der Waals surface area contributed by atoms with Crippen LogP contribution in [0.1, 0.15) is 94.9 Å². The molecule has 0 saturated carbocycles. The molecule has 0 saturated heterocycles. The second-order valence-electron chi connectivity index (χ2n) is 10.6. The summed E-state index contributed by atoms with van der Waals surface area (Å²) in [4.78, 5) is 0. The van der Waals surface area contributed by atoms with Gasteiger partial charge >= 0.3 is 0 Å². The average Bonchev–Trinajstić information content (AvgIpc) is 2.24. The summed E-state index contributed by atoms with van der Waals surface area (Å²) in [6.07, 6.45) is 5.13. The summed E-state index contributed by atoms with van der Waals surface area (Å²) in [7, 11) is 5.66. The summed E-state index contributed by atoms with van der Waals surface area (Å²) in [6.45, 7) is 24.2. The molecule has 0 fully saturated rings. The molecule has 0 aromatic carbocycles. The van der Waals surface area contributed by atoms with Gasteiger partial charge in [0.05, 0.1) is 0 Å². The Morgan fingerprint density at radius 2 is 1.36 bits per heavy atom. The molecule has 0 N–H and O–H groups in total. The number of hydrogen-bond donors (Lipinski definition) is 0. The van der Waals surface area contributed by atoms with Crippen molar-refractivity contribution < 1.29 is 0 Å². The maximum absolute atomic E-state index is 3.16. The van der Waals surface area contributed by atoms with Crippen molar-refractivity contribution in [3.8, 4) is 0 Å². The summed E-state index contributed by atoms with van der Waals surface area (Å²) in [5.41, 5.74) is 1.18. The van der Waals surface area contributed by atoms with Crippen LogP contribution in [0.15, 0.2) is 0 Å². The van der Waals surface area contributed by atoms with E-state index in [1.807, 2.05) is 0 Å². The van der Waals surface area contributed by atoms with Gasteiger partial charge in [-0.05, 0) is 40.2 Å². The molecule has 4 unspecified atom stereocenters. The molecule has 2 heteroatoms. The van der Waals surface area contributed by atoms with E-state index in [1.54, 1.807) is 0 Å². The van der Waals surface area contributed by atoms with E-state index < -0.39 is 0 Å². The van der Waals surface area contributed by atoms with Crippen molar-refractivity contribution in [3.05, 3.63) is 0 Å². The van der Waals surface area contributed by atoms with Crippen molar-refractivity contribution in [1.29, 1.82) is 0 Å². The Hall–Kier alpha value is 0.495. The summed E-state index contributed by atoms with van der Waals surface area (Å²) < 4.78 is 0. The van der Waals surface area contributed by atoms with Crippen molar-refractivity contribution in [3.63, 3.8) is 0 Å². The number of hydrogen-bond acceptors (Lipinski definition) is 0. The van der Waals surface area contributed by atoms with Crippen LogP contribution in [0.4, 0.5) is 0 Å². The fourth-order valence-electron chi connectivity index (χ4n) is 5.02. The molecule has 0 aliphatic heterocycles. The first-order valence-corrected chi connectivity index (χ1v) is 9.96. The van der Waals surface area contributed by atoms with E-state index in [4.69, 9.17) is 0 Å². The highest BCUT2D eigenvalue weighted by atomic mass is 31.0. The Labute approximate surface area is 145 Å². The van der Waals surface area contributed by atoms with Crippen LogP contribution in [0.5, 0.6) is 0 Å². The monoisotopic (exact) mass is 326 g/mol. The Bertz CT molecular complexity index is 336. The minimum atomic E-state index is 0.316. The third-order valence-electron chi connectivity index (χ3n) is 6.14. The molecule has 0 bridgehead atoms. The first kappa shape index (κ1) is 22.5. The van der Waals surface area contributed by atoms with Gasteiger partial charge in [-0.15, -0.1) is 9.24 Å². The molecular formula is C20H44BP. The van der Waals surface area contributed by atoms with Gasteiger partial charge in [0.2, 0.25) is 0 Å². The van der Waals surface area contributed by atoms with Crippen LogP contribution in [0.3, 0.4) is 0 Å². The largest absolute Gasteiger partial charge is 0.131 e. The Morgan fingerprint density at radius 3 is 1.68 bits per heavy atom. The van der Waals surface area contributed by atoms with Crippen LogP contribution < -0.4 is 0 Å². The summed E-state index contributed by atoms with van der Waals surface area (Å²) in [5.74, 6) is 1.54. The SMILES string of the molecule is BC(CC(C)(C)CC(C)(C)C)C(CC)C(C)(C)C(C)(P)CC. The second-order valence-corrected chi connectivity index (χ2v) is 11.9. The van der Waals surface area contributed by atoms with Crippen LogP contribution in [0, 0.1) is 22.2 Å². The predicted molar refractivity (Wildman–Crippen MR) is 111 cm³/mol. The van der Waals surface area contributed by atoms with E-state index in [2.05, 4.69) is 86.3 Å². The van der Waals surface area contributed by atoms with Crippen LogP contribution >= 0.6 is 9.24 Å². The zero-order valence-corrected chi connectivity index (χ0v) is 18.7. The topological polar surface area (TPSA) is 0 Å². The molecule has 0 nitrogen and oxygen atoms in total. The quantitative estimate of drug-likeness (QED) is 0.360. The fourth-order valence-corrected chi connectivity index (χ4v) is 5.24. The highest BCUT2D eigenvalue weighted by Crippen LogP contribution is 2.53. The average molecular weight is 326 g/mol. The van der Waals surface area contributed by atoms with Crippen molar-refractivity contribution >= 4 is 17.1 Å². The third-order valence-corrected chi connectivity index (χ3v) is 7.30. The first-order chi connectivity index (χ1) is 9.59. The molecule has 0 heterocycles. The molecule has 22 heavy (non-hydrogen) atoms. The van der Waals surface area contributed by atoms with Crippen LogP contribution in [0.25, 0.3) is 0 Å². The van der Waals surface area contributed by atoms with E-state index >= 15 is 0 Å². The zero-order chi connectivity index (χ0) is 18.0. The summed E-state index contributed by atoms with van der Waals surface area (Å²) in [5, 5.41) is 0.316. The Morgan fingerprint density at radius 1 is 0.909 bits per heavy atom. The molecule has 0 aliphatic rings. The Kier molecular flexibility index (Phi) is 7.76. The zero-order valence-electron chi connectivity index (χ0n) is 17.6. The van der Waals surface area contributed by atoms with Gasteiger partial charge in [-0.3, -0.25) is 0 Å². The summed E-state index contributed by atoms with van der Waals surface area (Å²) in [6, 6.07) is 0. The van der Waals surface area contributed by atoms with Gasteiger partial charge in [-0.2, -0.15) is 0 Å². The molecular weight excluding hydrogens is 282 g/mol. The smallest absolute Gasteiger partial charge is 0.105 e. The van der Waals surface area contributed by atoms with E-state index in [-0.39, 0.29) is 0 Å². The van der Waals surface area contributed by atoms with Crippen molar-refractivity contribution in [2.45, 2.75) is 106 Å². The standard InChI is InChI=1S/C20H44BP/c1-11-15(19(8,9)20(10,22)12-2)16(21)13-18(6,7)14-17(3,4)5/h15-16H,11-14,21-22H2,1-10H3. The van der Waals surface area contributed by atoms with Gasteiger partial charge in [-0.1, -0.05) is 87.9 Å². The maximum Gasteiger partial charge on any atom is 0.105 e. The lowest BCUT2D eigenvalue weighted by atomic mass is 9.55. The van der Waals surface area contributed by atoms with E-state index in [9.17, 15) is 0 Å². The van der Waals surface area contributed by atoms with Crippen molar-refractivity contribution in [2.75, 3.05) is 0 Å². The van der Waals surface area contributed by atoms with E-state index in [0.29, 0.717) is 21.4 Å². The third kappa shape index (κ3) is 6.18. The first-order valence-electron chi connectivity index (χ1n) is 9.38. The van der Waals surface area contributed by atoms with Crippen LogP contribution in [-0.4, -0.2) is 13.0 Å².